The van der Waals surface area contributed by atoms with E-state index in [-0.39, 0.29) is 12.2 Å². The van der Waals surface area contributed by atoms with Crippen LogP contribution in [0.2, 0.25) is 10.0 Å². The molecule has 1 amide bonds. The highest BCUT2D eigenvalue weighted by Gasteiger charge is 2.41. The number of carbonyl (C=O) groups is 1. The number of anilines is 1. The molecule has 0 radical (unpaired) electrons. The summed E-state index contributed by atoms with van der Waals surface area (Å²) >= 11 is 13.0. The monoisotopic (exact) mass is 547 g/mol. The number of amides is 1. The highest BCUT2D eigenvalue weighted by Crippen LogP contribution is 2.43. The molecule has 1 saturated heterocycles. The first kappa shape index (κ1) is 26.5. The average Bonchev–Trinajstić information content (AvgIpc) is 2.86. The Hall–Kier alpha value is -2.55. The van der Waals surface area contributed by atoms with Gasteiger partial charge >= 0.3 is 0 Å². The van der Waals surface area contributed by atoms with E-state index < -0.39 is 35.6 Å². The van der Waals surface area contributed by atoms with Crippen LogP contribution in [0.3, 0.4) is 0 Å². The van der Waals surface area contributed by atoms with Gasteiger partial charge in [0.15, 0.2) is 0 Å². The van der Waals surface area contributed by atoms with Crippen LogP contribution in [-0.4, -0.2) is 51.6 Å². The maximum Gasteiger partial charge on any atom is 0.254 e. The molecular formula is C25H23Cl2N3O5S. The van der Waals surface area contributed by atoms with Gasteiger partial charge in [-0.05, 0) is 48.9 Å². The van der Waals surface area contributed by atoms with Crippen LogP contribution in [0.5, 0.6) is 0 Å². The quantitative estimate of drug-likeness (QED) is 0.383. The lowest BCUT2D eigenvalue weighted by Gasteiger charge is -2.36. The maximum absolute atomic E-state index is 13.5. The summed E-state index contributed by atoms with van der Waals surface area (Å²) in [5.74, 6) is -1.16. The first-order valence-electron chi connectivity index (χ1n) is 11.0. The number of rotatable bonds is 5. The van der Waals surface area contributed by atoms with Crippen LogP contribution >= 0.6 is 35.0 Å². The molecule has 2 aromatic rings. The summed E-state index contributed by atoms with van der Waals surface area (Å²) < 4.78 is 5.52. The number of aliphatic hydroxyl groups is 3. The molecule has 0 saturated carbocycles. The van der Waals surface area contributed by atoms with Crippen LogP contribution in [0, 0.1) is 11.3 Å². The first-order chi connectivity index (χ1) is 17.2. The largest absolute Gasteiger partial charge is 0.388 e. The van der Waals surface area contributed by atoms with Gasteiger partial charge in [-0.1, -0.05) is 47.1 Å². The van der Waals surface area contributed by atoms with Crippen LogP contribution in [0.25, 0.3) is 0 Å². The predicted octanol–water partition coefficient (Wildman–Crippen LogP) is 3.50. The SMILES string of the molecule is CC1=C(C(=O)Nc2ccc(Cl)cc2)C(c2ccc(Cl)cc2)C(C#N)=C(S[C@@H]2OC[C@@H](O)[C@H](O)[C@H]2O)N1. The van der Waals surface area contributed by atoms with E-state index in [1.165, 1.54) is 0 Å². The van der Waals surface area contributed by atoms with Crippen molar-refractivity contribution in [1.82, 2.24) is 5.32 Å². The van der Waals surface area contributed by atoms with Crippen molar-refractivity contribution in [2.45, 2.75) is 36.6 Å². The zero-order valence-electron chi connectivity index (χ0n) is 19.0. The number of aliphatic hydroxyl groups excluding tert-OH is 3. The number of benzene rings is 2. The first-order valence-corrected chi connectivity index (χ1v) is 12.6. The van der Waals surface area contributed by atoms with Crippen LogP contribution in [0.1, 0.15) is 18.4 Å². The molecule has 2 aliphatic heterocycles. The summed E-state index contributed by atoms with van der Waals surface area (Å²) in [4.78, 5) is 13.5. The lowest BCUT2D eigenvalue weighted by molar-refractivity contribution is -0.161. The standard InChI is InChI=1S/C25H23Cl2N3O5S/c1-12-19(23(34)30-16-8-6-15(27)7-9-16)20(13-2-4-14(26)5-3-13)17(10-28)24(29-12)36-25-22(33)21(32)18(31)11-35-25/h2-9,18,20-22,25,29,31-33H,11H2,1H3,(H,30,34)/t18-,20?,21+,22-,25+/m1/s1. The van der Waals surface area contributed by atoms with Crippen LogP contribution in [0.15, 0.2) is 70.4 Å². The molecule has 188 valence electrons. The number of nitrogens with one attached hydrogen (secondary N) is 2. The number of halogens is 2. The van der Waals surface area contributed by atoms with E-state index in [9.17, 15) is 25.4 Å². The Kier molecular flexibility index (Phi) is 8.27. The summed E-state index contributed by atoms with van der Waals surface area (Å²) in [5.41, 5.74) is 1.30. The molecule has 0 aromatic heterocycles. The minimum atomic E-state index is -1.39. The molecule has 5 N–H and O–H groups in total. The molecule has 2 aliphatic rings. The molecule has 0 aliphatic carbocycles. The minimum absolute atomic E-state index is 0.171. The van der Waals surface area contributed by atoms with Gasteiger partial charge in [-0.3, -0.25) is 4.79 Å². The van der Waals surface area contributed by atoms with Crippen LogP contribution in [0.4, 0.5) is 5.69 Å². The number of thioether (sulfide) groups is 1. The third-order valence-electron chi connectivity index (χ3n) is 5.89. The predicted molar refractivity (Wildman–Crippen MR) is 138 cm³/mol. The summed E-state index contributed by atoms with van der Waals surface area (Å²) in [5, 5.41) is 47.8. The van der Waals surface area contributed by atoms with Gasteiger partial charge < -0.3 is 30.7 Å². The molecule has 2 aromatic carbocycles. The fraction of sp³-hybridized carbons (Fsp3) is 0.280. The smallest absolute Gasteiger partial charge is 0.254 e. The van der Waals surface area contributed by atoms with E-state index in [2.05, 4.69) is 16.7 Å². The molecule has 11 heteroatoms. The molecule has 1 unspecified atom stereocenters. The van der Waals surface area contributed by atoms with Gasteiger partial charge in [-0.2, -0.15) is 5.26 Å². The summed E-state index contributed by atoms with van der Waals surface area (Å²) in [6.45, 7) is 1.54. The van der Waals surface area contributed by atoms with E-state index in [4.69, 9.17) is 27.9 Å². The summed E-state index contributed by atoms with van der Waals surface area (Å²) in [6.07, 6.45) is -4.00. The lowest BCUT2D eigenvalue weighted by Crippen LogP contribution is -2.51. The van der Waals surface area contributed by atoms with E-state index in [1.54, 1.807) is 55.5 Å². The zero-order chi connectivity index (χ0) is 26.0. The minimum Gasteiger partial charge on any atom is -0.388 e. The van der Waals surface area contributed by atoms with Gasteiger partial charge in [0.05, 0.1) is 29.2 Å². The third-order valence-corrected chi connectivity index (χ3v) is 7.59. The van der Waals surface area contributed by atoms with Crippen molar-refractivity contribution >= 4 is 46.6 Å². The third kappa shape index (κ3) is 5.56. The Balaban J connectivity index is 1.72. The van der Waals surface area contributed by atoms with Gasteiger partial charge in [0.2, 0.25) is 0 Å². The molecule has 8 nitrogen and oxygen atoms in total. The highest BCUT2D eigenvalue weighted by molar-refractivity contribution is 8.03. The van der Waals surface area contributed by atoms with E-state index in [1.807, 2.05) is 0 Å². The summed E-state index contributed by atoms with van der Waals surface area (Å²) in [6, 6.07) is 15.7. The highest BCUT2D eigenvalue weighted by atomic mass is 35.5. The normalized spacial score (nSPS) is 26.3. The number of hydrogen-bond donors (Lipinski definition) is 5. The molecule has 5 atom stereocenters. The molecule has 4 rings (SSSR count). The van der Waals surface area contributed by atoms with Gasteiger partial charge in [0.1, 0.15) is 23.7 Å². The second-order valence-electron chi connectivity index (χ2n) is 8.33. The Labute approximate surface area is 222 Å². The fourth-order valence-corrected chi connectivity index (χ4v) is 5.46. The van der Waals surface area contributed by atoms with Crippen LogP contribution in [-0.2, 0) is 9.53 Å². The van der Waals surface area contributed by atoms with Gasteiger partial charge in [-0.15, -0.1) is 0 Å². The zero-order valence-corrected chi connectivity index (χ0v) is 21.3. The number of ether oxygens (including phenoxy) is 1. The van der Waals surface area contributed by atoms with Crippen molar-refractivity contribution in [2.24, 2.45) is 0 Å². The molecule has 0 bridgehead atoms. The number of carbonyl (C=O) groups excluding carboxylic acids is 1. The number of dihydropyridines is 1. The lowest BCUT2D eigenvalue weighted by atomic mass is 9.82. The van der Waals surface area contributed by atoms with Crippen molar-refractivity contribution in [3.63, 3.8) is 0 Å². The van der Waals surface area contributed by atoms with Crippen molar-refractivity contribution < 1.29 is 24.9 Å². The number of nitriles is 1. The average molecular weight is 548 g/mol. The summed E-state index contributed by atoms with van der Waals surface area (Å²) in [7, 11) is 0. The second-order valence-corrected chi connectivity index (χ2v) is 10.3. The Morgan fingerprint density at radius 2 is 1.69 bits per heavy atom. The number of hydrogen-bond acceptors (Lipinski definition) is 8. The van der Waals surface area contributed by atoms with Crippen molar-refractivity contribution in [3.8, 4) is 6.07 Å². The number of nitrogens with zero attached hydrogens (tertiary/aromatic N) is 1. The van der Waals surface area contributed by atoms with E-state index in [0.717, 1.165) is 11.8 Å². The molecule has 1 fully saturated rings. The molecule has 0 spiro atoms. The van der Waals surface area contributed by atoms with E-state index >= 15 is 0 Å². The van der Waals surface area contributed by atoms with E-state index in [0.29, 0.717) is 37.6 Å². The molecular weight excluding hydrogens is 525 g/mol. The second kappa shape index (κ2) is 11.2. The van der Waals surface area contributed by atoms with Gasteiger partial charge in [-0.25, -0.2) is 0 Å². The van der Waals surface area contributed by atoms with Crippen molar-refractivity contribution in [1.29, 1.82) is 5.26 Å². The maximum atomic E-state index is 13.5. The number of allylic oxidation sites excluding steroid dienone is 2. The van der Waals surface area contributed by atoms with Gasteiger partial charge in [0, 0.05) is 27.0 Å². The van der Waals surface area contributed by atoms with Crippen LogP contribution < -0.4 is 10.6 Å². The fourth-order valence-electron chi connectivity index (χ4n) is 4.03. The Bertz CT molecular complexity index is 1240. The molecule has 36 heavy (non-hydrogen) atoms. The van der Waals surface area contributed by atoms with Crippen molar-refractivity contribution in [2.75, 3.05) is 11.9 Å². The topological polar surface area (TPSA) is 135 Å². The molecule has 2 heterocycles. The van der Waals surface area contributed by atoms with Gasteiger partial charge in [0.25, 0.3) is 5.91 Å². The van der Waals surface area contributed by atoms with Crippen molar-refractivity contribution in [3.05, 3.63) is 86.0 Å². The Morgan fingerprint density at radius 1 is 1.08 bits per heavy atom. The Morgan fingerprint density at radius 3 is 2.31 bits per heavy atom.